The number of nitrogens with zero attached hydrogens (tertiary/aromatic N) is 1. The van der Waals surface area contributed by atoms with Crippen molar-refractivity contribution >= 4 is 34.8 Å². The average molecular weight is 386 g/mol. The first kappa shape index (κ1) is 22.4. The summed E-state index contributed by atoms with van der Waals surface area (Å²) in [6.07, 6.45) is 0. The van der Waals surface area contributed by atoms with E-state index in [1.165, 1.54) is 0 Å². The van der Waals surface area contributed by atoms with E-state index in [0.717, 1.165) is 38.3 Å². The van der Waals surface area contributed by atoms with E-state index >= 15 is 0 Å². The van der Waals surface area contributed by atoms with Crippen LogP contribution >= 0.6 is 24.8 Å². The summed E-state index contributed by atoms with van der Waals surface area (Å²) in [6, 6.07) is 7.13. The number of hydrogen-bond acceptors (Lipinski definition) is 5. The van der Waals surface area contributed by atoms with E-state index in [9.17, 15) is 8.42 Å². The van der Waals surface area contributed by atoms with Gasteiger partial charge in [0.15, 0.2) is 0 Å². The van der Waals surface area contributed by atoms with Crippen LogP contribution in [0.3, 0.4) is 0 Å². The molecule has 0 saturated carbocycles. The summed E-state index contributed by atoms with van der Waals surface area (Å²) in [6.45, 7) is 5.08. The zero-order valence-corrected chi connectivity index (χ0v) is 15.6. The molecule has 0 unspecified atom stereocenters. The van der Waals surface area contributed by atoms with E-state index < -0.39 is 10.0 Å². The summed E-state index contributed by atoms with van der Waals surface area (Å²) in [5.74, 6) is 0.648. The molecule has 1 aromatic carbocycles. The lowest BCUT2D eigenvalue weighted by atomic mass is 10.2. The maximum Gasteiger partial charge on any atom is 0.215 e. The molecule has 1 saturated heterocycles. The molecule has 134 valence electrons. The summed E-state index contributed by atoms with van der Waals surface area (Å²) in [4.78, 5) is 2.25. The Labute approximate surface area is 150 Å². The van der Waals surface area contributed by atoms with Crippen molar-refractivity contribution in [1.29, 1.82) is 0 Å². The molecule has 1 aliphatic heterocycles. The van der Waals surface area contributed by atoms with Crippen LogP contribution in [0, 0.1) is 0 Å². The zero-order chi connectivity index (χ0) is 15.1. The number of sulfonamides is 1. The number of benzene rings is 1. The van der Waals surface area contributed by atoms with E-state index in [4.69, 9.17) is 4.74 Å². The van der Waals surface area contributed by atoms with E-state index in [0.29, 0.717) is 12.3 Å². The predicted octanol–water partition coefficient (Wildman–Crippen LogP) is 0.863. The number of methoxy groups -OCH3 is 1. The van der Waals surface area contributed by atoms with E-state index in [1.807, 2.05) is 0 Å². The highest BCUT2D eigenvalue weighted by Crippen LogP contribution is 2.14. The van der Waals surface area contributed by atoms with Crippen molar-refractivity contribution in [3.05, 3.63) is 29.8 Å². The van der Waals surface area contributed by atoms with Gasteiger partial charge in [-0.15, -0.1) is 24.8 Å². The molecule has 23 heavy (non-hydrogen) atoms. The molecule has 9 heteroatoms. The van der Waals surface area contributed by atoms with Crippen LogP contribution in [0.4, 0.5) is 0 Å². The third-order valence-corrected chi connectivity index (χ3v) is 4.81. The zero-order valence-electron chi connectivity index (χ0n) is 13.2. The van der Waals surface area contributed by atoms with Gasteiger partial charge in [0.25, 0.3) is 0 Å². The summed E-state index contributed by atoms with van der Waals surface area (Å²) < 4.78 is 31.9. The summed E-state index contributed by atoms with van der Waals surface area (Å²) in [5.41, 5.74) is 0.726. The van der Waals surface area contributed by atoms with Gasteiger partial charge in [0.05, 0.1) is 12.9 Å². The first-order valence-electron chi connectivity index (χ1n) is 7.12. The molecule has 6 nitrogen and oxygen atoms in total. The van der Waals surface area contributed by atoms with Gasteiger partial charge in [-0.05, 0) is 17.7 Å². The third kappa shape index (κ3) is 8.19. The van der Waals surface area contributed by atoms with Crippen molar-refractivity contribution in [1.82, 2.24) is 14.9 Å². The molecule has 0 spiro atoms. The second-order valence-corrected chi connectivity index (χ2v) is 6.90. The minimum absolute atomic E-state index is 0. The van der Waals surface area contributed by atoms with Crippen LogP contribution in [0.5, 0.6) is 5.75 Å². The van der Waals surface area contributed by atoms with Crippen molar-refractivity contribution in [2.24, 2.45) is 0 Å². The smallest absolute Gasteiger partial charge is 0.215 e. The molecular weight excluding hydrogens is 361 g/mol. The second-order valence-electron chi connectivity index (χ2n) is 5.10. The summed E-state index contributed by atoms with van der Waals surface area (Å²) in [7, 11) is -1.74. The SMILES string of the molecule is COc1cccc(CS(=O)(=O)NCCN2CCNCC2)c1.Cl.Cl. The van der Waals surface area contributed by atoms with Crippen LogP contribution in [-0.4, -0.2) is 59.7 Å². The Morgan fingerprint density at radius 2 is 1.96 bits per heavy atom. The Balaban J connectivity index is 0.00000242. The molecule has 1 fully saturated rings. The van der Waals surface area contributed by atoms with Gasteiger partial charge in [-0.25, -0.2) is 13.1 Å². The van der Waals surface area contributed by atoms with E-state index in [-0.39, 0.29) is 30.6 Å². The fourth-order valence-corrected chi connectivity index (χ4v) is 3.45. The molecule has 1 aromatic rings. The first-order valence-corrected chi connectivity index (χ1v) is 8.78. The molecule has 1 heterocycles. The largest absolute Gasteiger partial charge is 0.497 e. The van der Waals surface area contributed by atoms with Gasteiger partial charge < -0.3 is 10.1 Å². The van der Waals surface area contributed by atoms with E-state index in [2.05, 4.69) is 14.9 Å². The van der Waals surface area contributed by atoms with Gasteiger partial charge >= 0.3 is 0 Å². The highest BCUT2D eigenvalue weighted by atomic mass is 35.5. The topological polar surface area (TPSA) is 70.7 Å². The Kier molecular flexibility index (Phi) is 10.8. The van der Waals surface area contributed by atoms with Gasteiger partial charge in [0.1, 0.15) is 5.75 Å². The van der Waals surface area contributed by atoms with Gasteiger partial charge in [-0.3, -0.25) is 4.90 Å². The number of ether oxygens (including phenoxy) is 1. The minimum Gasteiger partial charge on any atom is -0.497 e. The van der Waals surface area contributed by atoms with Crippen LogP contribution < -0.4 is 14.8 Å². The van der Waals surface area contributed by atoms with Gasteiger partial charge in [-0.1, -0.05) is 12.1 Å². The maximum absolute atomic E-state index is 12.1. The standard InChI is InChI=1S/C14H23N3O3S.2ClH/c1-20-14-4-2-3-13(11-14)12-21(18,19)16-7-10-17-8-5-15-6-9-17;;/h2-4,11,15-16H,5-10,12H2,1H3;2*1H. The molecule has 0 aromatic heterocycles. The predicted molar refractivity (Wildman–Crippen MR) is 97.4 cm³/mol. The van der Waals surface area contributed by atoms with Gasteiger partial charge in [0, 0.05) is 39.3 Å². The lowest BCUT2D eigenvalue weighted by Gasteiger charge is -2.27. The molecule has 2 N–H and O–H groups in total. The molecular formula is C14H25Cl2N3O3S. The molecule has 0 radical (unpaired) electrons. The van der Waals surface area contributed by atoms with Crippen molar-refractivity contribution in [3.8, 4) is 5.75 Å². The number of hydrogen-bond donors (Lipinski definition) is 2. The van der Waals surface area contributed by atoms with Crippen molar-refractivity contribution in [2.75, 3.05) is 46.4 Å². The highest BCUT2D eigenvalue weighted by molar-refractivity contribution is 7.88. The highest BCUT2D eigenvalue weighted by Gasteiger charge is 2.14. The Hall–Kier alpha value is -0.570. The Bertz CT molecular complexity index is 552. The third-order valence-electron chi connectivity index (χ3n) is 3.45. The number of halogens is 2. The normalized spacial score (nSPS) is 15.3. The van der Waals surface area contributed by atoms with Crippen LogP contribution in [-0.2, 0) is 15.8 Å². The van der Waals surface area contributed by atoms with Gasteiger partial charge in [-0.2, -0.15) is 0 Å². The van der Waals surface area contributed by atoms with Gasteiger partial charge in [0.2, 0.25) is 10.0 Å². The molecule has 0 bridgehead atoms. The molecule has 0 aliphatic carbocycles. The second kappa shape index (κ2) is 11.1. The lowest BCUT2D eigenvalue weighted by Crippen LogP contribution is -2.46. The molecule has 2 rings (SSSR count). The Morgan fingerprint density at radius 1 is 1.26 bits per heavy atom. The summed E-state index contributed by atoms with van der Waals surface area (Å²) in [5, 5.41) is 3.27. The molecule has 0 amide bonds. The van der Waals surface area contributed by atoms with Crippen molar-refractivity contribution in [3.63, 3.8) is 0 Å². The number of rotatable bonds is 7. The Morgan fingerprint density at radius 3 is 2.61 bits per heavy atom. The van der Waals surface area contributed by atoms with Crippen molar-refractivity contribution in [2.45, 2.75) is 5.75 Å². The van der Waals surface area contributed by atoms with E-state index in [1.54, 1.807) is 31.4 Å². The van der Waals surface area contributed by atoms with Crippen LogP contribution in [0.2, 0.25) is 0 Å². The lowest BCUT2D eigenvalue weighted by molar-refractivity contribution is 0.245. The fraction of sp³-hybridized carbons (Fsp3) is 0.571. The molecule has 0 atom stereocenters. The number of piperazine rings is 1. The quantitative estimate of drug-likeness (QED) is 0.728. The molecule has 1 aliphatic rings. The average Bonchev–Trinajstić information content (AvgIpc) is 2.48. The van der Waals surface area contributed by atoms with Crippen LogP contribution in [0.15, 0.2) is 24.3 Å². The summed E-state index contributed by atoms with van der Waals surface area (Å²) >= 11 is 0. The monoisotopic (exact) mass is 385 g/mol. The fourth-order valence-electron chi connectivity index (χ4n) is 2.33. The van der Waals surface area contributed by atoms with Crippen LogP contribution in [0.1, 0.15) is 5.56 Å². The van der Waals surface area contributed by atoms with Crippen molar-refractivity contribution < 1.29 is 13.2 Å². The number of nitrogens with one attached hydrogen (secondary N) is 2. The van der Waals surface area contributed by atoms with Crippen LogP contribution in [0.25, 0.3) is 0 Å². The first-order chi connectivity index (χ1) is 10.1. The minimum atomic E-state index is -3.31. The maximum atomic E-state index is 12.1.